The Hall–Kier alpha value is -1.26. The third-order valence-electron chi connectivity index (χ3n) is 4.55. The van der Waals surface area contributed by atoms with E-state index in [1.807, 2.05) is 6.07 Å². The van der Waals surface area contributed by atoms with Crippen molar-refractivity contribution in [1.82, 2.24) is 5.32 Å². The molecule has 1 aliphatic carbocycles. The van der Waals surface area contributed by atoms with Crippen LogP contribution in [0.25, 0.3) is 0 Å². The van der Waals surface area contributed by atoms with Crippen molar-refractivity contribution >= 4 is 0 Å². The zero-order chi connectivity index (χ0) is 15.5. The van der Waals surface area contributed by atoms with Crippen LogP contribution in [0.3, 0.4) is 0 Å². The van der Waals surface area contributed by atoms with Crippen molar-refractivity contribution in [3.05, 3.63) is 23.8 Å². The lowest BCUT2D eigenvalue weighted by Crippen LogP contribution is -2.29. The number of hydrogen-bond donors (Lipinski definition) is 3. The summed E-state index contributed by atoms with van der Waals surface area (Å²) in [6, 6.07) is 5.44. The second-order valence-electron chi connectivity index (χ2n) is 6.61. The van der Waals surface area contributed by atoms with Gasteiger partial charge in [0.25, 0.3) is 0 Å². The Morgan fingerprint density at radius 2 is 2.05 bits per heavy atom. The van der Waals surface area contributed by atoms with Gasteiger partial charge in [-0.25, -0.2) is 0 Å². The Labute approximate surface area is 127 Å². The van der Waals surface area contributed by atoms with E-state index in [1.54, 1.807) is 12.1 Å². The average molecular weight is 293 g/mol. The van der Waals surface area contributed by atoms with Gasteiger partial charge >= 0.3 is 0 Å². The lowest BCUT2D eigenvalue weighted by Gasteiger charge is -2.28. The highest BCUT2D eigenvalue weighted by molar-refractivity contribution is 5.43. The molecule has 21 heavy (non-hydrogen) atoms. The Morgan fingerprint density at radius 3 is 2.52 bits per heavy atom. The average Bonchev–Trinajstić information content (AvgIpc) is 3.16. The molecule has 2 unspecified atom stereocenters. The summed E-state index contributed by atoms with van der Waals surface area (Å²) in [7, 11) is 1.53. The van der Waals surface area contributed by atoms with E-state index >= 15 is 0 Å². The molecule has 1 heterocycles. The summed E-state index contributed by atoms with van der Waals surface area (Å²) in [4.78, 5) is 0. The van der Waals surface area contributed by atoms with Crippen molar-refractivity contribution in [2.24, 2.45) is 11.3 Å². The molecule has 3 N–H and O–H groups in total. The van der Waals surface area contributed by atoms with Crippen LogP contribution < -0.4 is 10.1 Å². The van der Waals surface area contributed by atoms with Gasteiger partial charge in [0, 0.05) is 24.4 Å². The first-order valence-electron chi connectivity index (χ1n) is 7.68. The van der Waals surface area contributed by atoms with E-state index in [4.69, 9.17) is 4.74 Å². The van der Waals surface area contributed by atoms with Crippen LogP contribution in [0.15, 0.2) is 18.2 Å². The van der Waals surface area contributed by atoms with Crippen molar-refractivity contribution in [3.8, 4) is 11.5 Å². The Kier molecular flexibility index (Phi) is 5.12. The smallest absolute Gasteiger partial charge is 0.160 e. The number of rotatable bonds is 3. The number of aliphatic hydroxyl groups is 1. The molecule has 3 rings (SSSR count). The van der Waals surface area contributed by atoms with E-state index in [9.17, 15) is 10.2 Å². The third kappa shape index (κ3) is 3.89. The number of benzene rings is 1. The van der Waals surface area contributed by atoms with Crippen LogP contribution in [0.2, 0.25) is 0 Å². The van der Waals surface area contributed by atoms with Gasteiger partial charge in [0.15, 0.2) is 11.5 Å². The fourth-order valence-corrected chi connectivity index (χ4v) is 2.65. The van der Waals surface area contributed by atoms with Crippen molar-refractivity contribution in [2.75, 3.05) is 26.8 Å². The van der Waals surface area contributed by atoms with Crippen molar-refractivity contribution in [2.45, 2.75) is 32.6 Å². The molecule has 1 saturated carbocycles. The molecule has 0 amide bonds. The van der Waals surface area contributed by atoms with Crippen molar-refractivity contribution in [3.63, 3.8) is 0 Å². The number of aliphatic hydroxyl groups excluding tert-OH is 1. The number of aromatic hydroxyl groups is 1. The molecule has 0 radical (unpaired) electrons. The van der Waals surface area contributed by atoms with Gasteiger partial charge in [0.05, 0.1) is 13.7 Å². The van der Waals surface area contributed by atoms with Gasteiger partial charge in [-0.2, -0.15) is 0 Å². The zero-order valence-corrected chi connectivity index (χ0v) is 13.2. The minimum atomic E-state index is -0.166. The van der Waals surface area contributed by atoms with E-state index in [0.717, 1.165) is 24.6 Å². The standard InChI is InChI=1S/C13H19NO3.C4H8/c1-13(8-15)7-14-6-10(13)9-3-4-12(17-2)11(16)5-9;1-4-2-3-4/h3-5,10,14-16H,6-8H2,1-2H3;4H,2-3H2,1H3. The van der Waals surface area contributed by atoms with E-state index in [-0.39, 0.29) is 23.7 Å². The predicted molar refractivity (Wildman–Crippen MR) is 83.9 cm³/mol. The Balaban J connectivity index is 0.000000347. The number of phenolic OH excluding ortho intramolecular Hbond substituents is 1. The number of ether oxygens (including phenoxy) is 1. The summed E-state index contributed by atoms with van der Waals surface area (Å²) < 4.78 is 5.03. The normalized spacial score (nSPS) is 27.9. The largest absolute Gasteiger partial charge is 0.504 e. The molecule has 0 aromatic heterocycles. The fourth-order valence-electron chi connectivity index (χ4n) is 2.65. The third-order valence-corrected chi connectivity index (χ3v) is 4.55. The molecule has 0 bridgehead atoms. The van der Waals surface area contributed by atoms with Crippen LogP contribution >= 0.6 is 0 Å². The van der Waals surface area contributed by atoms with E-state index < -0.39 is 0 Å². The molecule has 1 saturated heterocycles. The summed E-state index contributed by atoms with van der Waals surface area (Å²) in [5.74, 6) is 1.92. The molecule has 2 aliphatic rings. The van der Waals surface area contributed by atoms with E-state index in [2.05, 4.69) is 19.2 Å². The van der Waals surface area contributed by atoms with Crippen LogP contribution in [0, 0.1) is 11.3 Å². The number of methoxy groups -OCH3 is 1. The summed E-state index contributed by atoms with van der Waals surface area (Å²) in [5, 5.41) is 22.6. The summed E-state index contributed by atoms with van der Waals surface area (Å²) in [6.45, 7) is 6.08. The monoisotopic (exact) mass is 293 g/mol. The van der Waals surface area contributed by atoms with Crippen LogP contribution in [-0.4, -0.2) is 37.0 Å². The SMILES string of the molecule is CC1CC1.COc1ccc(C2CNCC2(C)CO)cc1O. The topological polar surface area (TPSA) is 61.7 Å². The lowest BCUT2D eigenvalue weighted by molar-refractivity contribution is 0.144. The van der Waals surface area contributed by atoms with Crippen molar-refractivity contribution in [1.29, 1.82) is 0 Å². The molecule has 1 aromatic carbocycles. The van der Waals surface area contributed by atoms with Crippen LogP contribution in [-0.2, 0) is 0 Å². The molecule has 1 aromatic rings. The van der Waals surface area contributed by atoms with Gasteiger partial charge in [0.1, 0.15) is 0 Å². The fraction of sp³-hybridized carbons (Fsp3) is 0.647. The molecule has 2 atom stereocenters. The van der Waals surface area contributed by atoms with Gasteiger partial charge in [-0.1, -0.05) is 32.8 Å². The highest BCUT2D eigenvalue weighted by Crippen LogP contribution is 2.40. The van der Waals surface area contributed by atoms with E-state index in [0.29, 0.717) is 5.75 Å². The maximum absolute atomic E-state index is 9.79. The number of nitrogens with one attached hydrogen (secondary N) is 1. The number of phenols is 1. The Morgan fingerprint density at radius 1 is 1.38 bits per heavy atom. The first kappa shape index (κ1) is 16.1. The molecule has 2 fully saturated rings. The maximum atomic E-state index is 9.79. The number of hydrogen-bond acceptors (Lipinski definition) is 4. The first-order chi connectivity index (χ1) is 10.00. The van der Waals surface area contributed by atoms with Gasteiger partial charge in [-0.3, -0.25) is 0 Å². The zero-order valence-electron chi connectivity index (χ0n) is 13.2. The minimum absolute atomic E-state index is 0.136. The quantitative estimate of drug-likeness (QED) is 0.801. The van der Waals surface area contributed by atoms with Crippen LogP contribution in [0.5, 0.6) is 11.5 Å². The minimum Gasteiger partial charge on any atom is -0.504 e. The maximum Gasteiger partial charge on any atom is 0.160 e. The summed E-state index contributed by atoms with van der Waals surface area (Å²) in [6.07, 6.45) is 2.97. The van der Waals surface area contributed by atoms with Gasteiger partial charge in [-0.15, -0.1) is 0 Å². The second-order valence-corrected chi connectivity index (χ2v) is 6.61. The predicted octanol–water partition coefficient (Wildman–Crippen LogP) is 2.50. The van der Waals surface area contributed by atoms with E-state index in [1.165, 1.54) is 20.0 Å². The summed E-state index contributed by atoms with van der Waals surface area (Å²) in [5.41, 5.74) is 0.867. The molecule has 118 valence electrons. The molecule has 0 spiro atoms. The van der Waals surface area contributed by atoms with Crippen molar-refractivity contribution < 1.29 is 14.9 Å². The molecular formula is C17H27NO3. The Bertz CT molecular complexity index is 473. The lowest BCUT2D eigenvalue weighted by atomic mass is 9.77. The molecule has 1 aliphatic heterocycles. The molecule has 4 heteroatoms. The first-order valence-corrected chi connectivity index (χ1v) is 7.68. The summed E-state index contributed by atoms with van der Waals surface area (Å²) >= 11 is 0. The van der Waals surface area contributed by atoms with Crippen LogP contribution in [0.4, 0.5) is 0 Å². The molecular weight excluding hydrogens is 266 g/mol. The van der Waals surface area contributed by atoms with Gasteiger partial charge < -0.3 is 20.3 Å². The van der Waals surface area contributed by atoms with Gasteiger partial charge in [0.2, 0.25) is 0 Å². The van der Waals surface area contributed by atoms with Gasteiger partial charge in [-0.05, 0) is 23.6 Å². The highest BCUT2D eigenvalue weighted by atomic mass is 16.5. The molecule has 4 nitrogen and oxygen atoms in total. The van der Waals surface area contributed by atoms with Crippen LogP contribution in [0.1, 0.15) is 38.2 Å². The highest BCUT2D eigenvalue weighted by Gasteiger charge is 2.39. The second kappa shape index (κ2) is 6.67.